The average Bonchev–Trinajstić information content (AvgIpc) is 2.53. The van der Waals surface area contributed by atoms with Crippen LogP contribution in [0.4, 0.5) is 5.69 Å². The third-order valence-electron chi connectivity index (χ3n) is 2.60. The van der Waals surface area contributed by atoms with Crippen molar-refractivity contribution in [3.8, 4) is 0 Å². The normalized spacial score (nSPS) is 16.5. The first-order valence-electron chi connectivity index (χ1n) is 5.13. The standard InChI is InChI=1S/C11H13NO4S/c1-17(15,16)6-10(13)7-2-3-9-8(4-7)5-11(14)12-9/h2-4,10,13H,5-6H2,1H3,(H,12,14). The number of hydrogen-bond acceptors (Lipinski definition) is 4. The minimum atomic E-state index is -3.23. The second kappa shape index (κ2) is 4.12. The van der Waals surface area contributed by atoms with Crippen LogP contribution in [0.3, 0.4) is 0 Å². The van der Waals surface area contributed by atoms with Gasteiger partial charge in [0.25, 0.3) is 0 Å². The number of benzene rings is 1. The molecule has 2 N–H and O–H groups in total. The number of aliphatic hydroxyl groups excluding tert-OH is 1. The highest BCUT2D eigenvalue weighted by atomic mass is 32.2. The summed E-state index contributed by atoms with van der Waals surface area (Å²) in [6.07, 6.45) is 0.301. The summed E-state index contributed by atoms with van der Waals surface area (Å²) in [6.45, 7) is 0. The van der Waals surface area contributed by atoms with Gasteiger partial charge in [-0.3, -0.25) is 4.79 Å². The Morgan fingerprint density at radius 2 is 2.18 bits per heavy atom. The van der Waals surface area contributed by atoms with Crippen LogP contribution in [0.1, 0.15) is 17.2 Å². The average molecular weight is 255 g/mol. The van der Waals surface area contributed by atoms with Crippen molar-refractivity contribution < 1.29 is 18.3 Å². The number of nitrogens with one attached hydrogen (secondary N) is 1. The van der Waals surface area contributed by atoms with Gasteiger partial charge >= 0.3 is 0 Å². The van der Waals surface area contributed by atoms with Gasteiger partial charge in [-0.25, -0.2) is 8.42 Å². The molecule has 0 fully saturated rings. The van der Waals surface area contributed by atoms with Gasteiger partial charge in [-0.1, -0.05) is 12.1 Å². The van der Waals surface area contributed by atoms with Crippen LogP contribution in [0.25, 0.3) is 0 Å². The summed E-state index contributed by atoms with van der Waals surface area (Å²) in [5.41, 5.74) is 2.04. The molecular formula is C11H13NO4S. The lowest BCUT2D eigenvalue weighted by Crippen LogP contribution is -2.12. The number of carbonyl (C=O) groups is 1. The molecule has 1 aliphatic rings. The molecule has 1 aliphatic heterocycles. The van der Waals surface area contributed by atoms with E-state index in [0.29, 0.717) is 5.56 Å². The van der Waals surface area contributed by atoms with Crippen molar-refractivity contribution in [2.24, 2.45) is 0 Å². The van der Waals surface area contributed by atoms with E-state index in [-0.39, 0.29) is 18.1 Å². The molecule has 17 heavy (non-hydrogen) atoms. The summed E-state index contributed by atoms with van der Waals surface area (Å²) in [4.78, 5) is 11.1. The Labute approximate surface area is 99.4 Å². The predicted molar refractivity (Wildman–Crippen MR) is 63.4 cm³/mol. The number of carbonyl (C=O) groups excluding carboxylic acids is 1. The van der Waals surface area contributed by atoms with Crippen LogP contribution in [0.5, 0.6) is 0 Å². The van der Waals surface area contributed by atoms with Gasteiger partial charge in [0.15, 0.2) is 0 Å². The summed E-state index contributed by atoms with van der Waals surface area (Å²) in [7, 11) is -3.23. The van der Waals surface area contributed by atoms with Crippen LogP contribution < -0.4 is 5.32 Å². The van der Waals surface area contributed by atoms with Gasteiger partial charge in [0.2, 0.25) is 5.91 Å². The van der Waals surface area contributed by atoms with Crippen molar-refractivity contribution in [1.29, 1.82) is 0 Å². The van der Waals surface area contributed by atoms with Crippen LogP contribution in [0, 0.1) is 0 Å². The Morgan fingerprint density at radius 3 is 2.82 bits per heavy atom. The third kappa shape index (κ3) is 2.83. The highest BCUT2D eigenvalue weighted by Crippen LogP contribution is 2.26. The first-order chi connectivity index (χ1) is 7.85. The minimum absolute atomic E-state index is 0.0882. The van der Waals surface area contributed by atoms with Crippen molar-refractivity contribution >= 4 is 21.4 Å². The monoisotopic (exact) mass is 255 g/mol. The fourth-order valence-corrected chi connectivity index (χ4v) is 2.61. The van der Waals surface area contributed by atoms with Gasteiger partial charge in [-0.05, 0) is 17.2 Å². The maximum atomic E-state index is 11.1. The number of hydrogen-bond donors (Lipinski definition) is 2. The highest BCUT2D eigenvalue weighted by molar-refractivity contribution is 7.90. The van der Waals surface area contributed by atoms with Crippen LogP contribution in [0.2, 0.25) is 0 Å². The number of sulfone groups is 1. The van der Waals surface area contributed by atoms with Crippen LogP contribution in [0.15, 0.2) is 18.2 Å². The van der Waals surface area contributed by atoms with E-state index in [1.807, 2.05) is 0 Å². The molecule has 6 heteroatoms. The van der Waals surface area contributed by atoms with Crippen molar-refractivity contribution in [3.63, 3.8) is 0 Å². The summed E-state index contributed by atoms with van der Waals surface area (Å²) in [6, 6.07) is 4.98. The molecule has 1 aromatic carbocycles. The molecule has 0 spiro atoms. The molecule has 0 aliphatic carbocycles. The van der Waals surface area contributed by atoms with E-state index in [0.717, 1.165) is 17.5 Å². The van der Waals surface area contributed by atoms with Crippen LogP contribution >= 0.6 is 0 Å². The lowest BCUT2D eigenvalue weighted by atomic mass is 10.1. The first kappa shape index (κ1) is 12.1. The van der Waals surface area contributed by atoms with E-state index >= 15 is 0 Å². The van der Waals surface area contributed by atoms with E-state index in [1.165, 1.54) is 0 Å². The molecule has 1 aromatic rings. The van der Waals surface area contributed by atoms with E-state index in [1.54, 1.807) is 18.2 Å². The number of fused-ring (bicyclic) bond motifs is 1. The molecule has 5 nitrogen and oxygen atoms in total. The van der Waals surface area contributed by atoms with Gasteiger partial charge < -0.3 is 10.4 Å². The lowest BCUT2D eigenvalue weighted by Gasteiger charge is -2.10. The second-order valence-corrected chi connectivity index (χ2v) is 6.43. The Morgan fingerprint density at radius 1 is 1.47 bits per heavy atom. The topological polar surface area (TPSA) is 83.5 Å². The highest BCUT2D eigenvalue weighted by Gasteiger charge is 2.20. The van der Waals surface area contributed by atoms with Gasteiger partial charge in [-0.15, -0.1) is 0 Å². The van der Waals surface area contributed by atoms with Gasteiger partial charge in [0.1, 0.15) is 9.84 Å². The number of amides is 1. The maximum Gasteiger partial charge on any atom is 0.228 e. The quantitative estimate of drug-likeness (QED) is 0.811. The Bertz CT molecular complexity index is 565. The minimum Gasteiger partial charge on any atom is -0.387 e. The largest absolute Gasteiger partial charge is 0.387 e. The summed E-state index contributed by atoms with van der Waals surface area (Å²) < 4.78 is 22.1. The first-order valence-corrected chi connectivity index (χ1v) is 7.20. The van der Waals surface area contributed by atoms with Gasteiger partial charge in [-0.2, -0.15) is 0 Å². The molecular weight excluding hydrogens is 242 g/mol. The molecule has 1 atom stereocenters. The summed E-state index contributed by atoms with van der Waals surface area (Å²) in [5.74, 6) is -0.401. The van der Waals surface area contributed by atoms with E-state index in [4.69, 9.17) is 0 Å². The zero-order chi connectivity index (χ0) is 12.6. The molecule has 0 saturated carbocycles. The van der Waals surface area contributed by atoms with Crippen molar-refractivity contribution in [2.45, 2.75) is 12.5 Å². The molecule has 0 aromatic heterocycles. The Balaban J connectivity index is 2.24. The molecule has 0 bridgehead atoms. The second-order valence-electron chi connectivity index (χ2n) is 4.25. The Hall–Kier alpha value is -1.40. The summed E-state index contributed by atoms with van der Waals surface area (Å²) >= 11 is 0. The van der Waals surface area contributed by atoms with Crippen molar-refractivity contribution in [2.75, 3.05) is 17.3 Å². The maximum absolute atomic E-state index is 11.1. The third-order valence-corrected chi connectivity index (χ3v) is 3.52. The molecule has 1 amide bonds. The zero-order valence-electron chi connectivity index (χ0n) is 9.30. The predicted octanol–water partition coefficient (Wildman–Crippen LogP) is 0.259. The lowest BCUT2D eigenvalue weighted by molar-refractivity contribution is -0.115. The molecule has 1 heterocycles. The molecule has 1 unspecified atom stereocenters. The van der Waals surface area contributed by atoms with Crippen LogP contribution in [-0.2, 0) is 21.1 Å². The smallest absolute Gasteiger partial charge is 0.228 e. The van der Waals surface area contributed by atoms with Crippen molar-refractivity contribution in [1.82, 2.24) is 0 Å². The van der Waals surface area contributed by atoms with E-state index < -0.39 is 15.9 Å². The van der Waals surface area contributed by atoms with Gasteiger partial charge in [0, 0.05) is 11.9 Å². The zero-order valence-corrected chi connectivity index (χ0v) is 10.1. The molecule has 92 valence electrons. The van der Waals surface area contributed by atoms with Gasteiger partial charge in [0.05, 0.1) is 18.3 Å². The molecule has 0 radical (unpaired) electrons. The SMILES string of the molecule is CS(=O)(=O)CC(O)c1ccc2c(c1)CC(=O)N2. The van der Waals surface area contributed by atoms with E-state index in [2.05, 4.69) is 5.32 Å². The number of anilines is 1. The number of aliphatic hydroxyl groups is 1. The number of rotatable bonds is 3. The Kier molecular flexibility index (Phi) is 2.92. The van der Waals surface area contributed by atoms with Crippen LogP contribution in [-0.4, -0.2) is 31.4 Å². The van der Waals surface area contributed by atoms with Crippen molar-refractivity contribution in [3.05, 3.63) is 29.3 Å². The molecule has 0 saturated heterocycles. The fraction of sp³-hybridized carbons (Fsp3) is 0.364. The van der Waals surface area contributed by atoms with E-state index in [9.17, 15) is 18.3 Å². The molecule has 2 rings (SSSR count). The fourth-order valence-electron chi connectivity index (χ4n) is 1.84. The summed E-state index contributed by atoms with van der Waals surface area (Å²) in [5, 5.41) is 12.4.